The van der Waals surface area contributed by atoms with E-state index in [1.807, 2.05) is 0 Å². The van der Waals surface area contributed by atoms with E-state index in [9.17, 15) is 4.79 Å². The molecule has 0 saturated carbocycles. The van der Waals surface area contributed by atoms with Gasteiger partial charge in [0.15, 0.2) is 0 Å². The van der Waals surface area contributed by atoms with Crippen LogP contribution < -0.4 is 11.1 Å². The Hall–Kier alpha value is -1.53. The number of benzene rings is 1. The van der Waals surface area contributed by atoms with Gasteiger partial charge in [-0.15, -0.1) is 0 Å². The molecule has 0 radical (unpaired) electrons. The highest BCUT2D eigenvalue weighted by Gasteiger charge is 2.20. The number of hydrogen-bond acceptors (Lipinski definition) is 3. The van der Waals surface area contributed by atoms with Crippen molar-refractivity contribution >= 4 is 39.1 Å². The van der Waals surface area contributed by atoms with Gasteiger partial charge in [-0.2, -0.15) is 0 Å². The number of nitrogens with zero attached hydrogens (tertiary/aromatic N) is 2. The number of anilines is 1. The number of halogens is 2. The summed E-state index contributed by atoms with van der Waals surface area (Å²) in [5.74, 6) is -0.477. The molecule has 1 amide bonds. The number of carbonyl (C=O) groups excluding carboxylic acids is 1. The third-order valence-electron chi connectivity index (χ3n) is 2.66. The standard InChI is InChI=1S/C12H12BrClN4O/c1-18-6-16-5-10(18)11(12(15)19)17-7-2-3-9(14)8(13)4-7/h2-6,11,17H,1H3,(H2,15,19). The fourth-order valence-electron chi connectivity index (χ4n) is 1.69. The first-order valence-electron chi connectivity index (χ1n) is 5.46. The number of aromatic nitrogens is 2. The highest BCUT2D eigenvalue weighted by Crippen LogP contribution is 2.27. The summed E-state index contributed by atoms with van der Waals surface area (Å²) in [6.45, 7) is 0. The van der Waals surface area contributed by atoms with Gasteiger partial charge in [0, 0.05) is 17.2 Å². The summed E-state index contributed by atoms with van der Waals surface area (Å²) in [5.41, 5.74) is 6.86. The van der Waals surface area contributed by atoms with E-state index in [1.165, 1.54) is 0 Å². The van der Waals surface area contributed by atoms with Crippen molar-refractivity contribution in [1.82, 2.24) is 9.55 Å². The molecule has 1 aromatic heterocycles. The molecule has 7 heteroatoms. The van der Waals surface area contributed by atoms with Crippen LogP contribution >= 0.6 is 27.5 Å². The molecule has 0 saturated heterocycles. The smallest absolute Gasteiger partial charge is 0.246 e. The summed E-state index contributed by atoms with van der Waals surface area (Å²) >= 11 is 9.25. The summed E-state index contributed by atoms with van der Waals surface area (Å²) in [7, 11) is 1.80. The summed E-state index contributed by atoms with van der Waals surface area (Å²) in [5, 5.41) is 3.66. The van der Waals surface area contributed by atoms with Crippen molar-refractivity contribution < 1.29 is 4.79 Å². The molecular weight excluding hydrogens is 332 g/mol. The van der Waals surface area contributed by atoms with Crippen LogP contribution in [-0.2, 0) is 11.8 Å². The Bertz CT molecular complexity index is 614. The van der Waals surface area contributed by atoms with Crippen LogP contribution in [0.25, 0.3) is 0 Å². The Morgan fingerprint density at radius 1 is 1.58 bits per heavy atom. The van der Waals surface area contributed by atoms with Gasteiger partial charge in [-0.1, -0.05) is 11.6 Å². The summed E-state index contributed by atoms with van der Waals surface area (Å²) in [4.78, 5) is 15.6. The first kappa shape index (κ1) is 13.9. The van der Waals surface area contributed by atoms with Gasteiger partial charge < -0.3 is 15.6 Å². The number of primary amides is 1. The van der Waals surface area contributed by atoms with E-state index in [0.29, 0.717) is 10.7 Å². The monoisotopic (exact) mass is 342 g/mol. The minimum absolute atomic E-state index is 0.477. The fraction of sp³-hybridized carbons (Fsp3) is 0.167. The van der Waals surface area contributed by atoms with Crippen LogP contribution in [0.2, 0.25) is 5.02 Å². The van der Waals surface area contributed by atoms with Crippen molar-refractivity contribution in [2.75, 3.05) is 5.32 Å². The zero-order valence-corrected chi connectivity index (χ0v) is 12.4. The maximum Gasteiger partial charge on any atom is 0.246 e. The minimum atomic E-state index is -0.652. The average molecular weight is 344 g/mol. The van der Waals surface area contributed by atoms with Gasteiger partial charge in [0.1, 0.15) is 6.04 Å². The number of nitrogens with one attached hydrogen (secondary N) is 1. The SMILES string of the molecule is Cn1cncc1C(Nc1ccc(Cl)c(Br)c1)C(N)=O. The van der Waals surface area contributed by atoms with Crippen molar-refractivity contribution in [3.05, 3.63) is 45.9 Å². The van der Waals surface area contributed by atoms with Crippen molar-refractivity contribution in [3.63, 3.8) is 0 Å². The Balaban J connectivity index is 2.29. The zero-order valence-electron chi connectivity index (χ0n) is 10.1. The lowest BCUT2D eigenvalue weighted by Gasteiger charge is -2.17. The van der Waals surface area contributed by atoms with Crippen molar-refractivity contribution in [3.8, 4) is 0 Å². The van der Waals surface area contributed by atoms with Crippen LogP contribution in [0.5, 0.6) is 0 Å². The van der Waals surface area contributed by atoms with Crippen LogP contribution in [0.1, 0.15) is 11.7 Å². The molecule has 0 aliphatic heterocycles. The third-order valence-corrected chi connectivity index (χ3v) is 3.88. The molecule has 0 spiro atoms. The van der Waals surface area contributed by atoms with E-state index in [2.05, 4.69) is 26.2 Å². The number of amides is 1. The lowest BCUT2D eigenvalue weighted by Crippen LogP contribution is -2.29. The van der Waals surface area contributed by atoms with Gasteiger partial charge in [-0.05, 0) is 34.1 Å². The van der Waals surface area contributed by atoms with Gasteiger partial charge in [-0.25, -0.2) is 4.98 Å². The van der Waals surface area contributed by atoms with E-state index in [4.69, 9.17) is 17.3 Å². The maximum atomic E-state index is 11.6. The second-order valence-electron chi connectivity index (χ2n) is 4.04. The molecule has 0 aliphatic carbocycles. The molecule has 5 nitrogen and oxygen atoms in total. The molecule has 1 aromatic carbocycles. The Labute approximate surface area is 123 Å². The van der Waals surface area contributed by atoms with Crippen LogP contribution in [0.15, 0.2) is 35.2 Å². The molecule has 1 unspecified atom stereocenters. The van der Waals surface area contributed by atoms with E-state index in [0.717, 1.165) is 10.2 Å². The summed E-state index contributed by atoms with van der Waals surface area (Å²) in [6.07, 6.45) is 3.22. The van der Waals surface area contributed by atoms with E-state index in [-0.39, 0.29) is 0 Å². The van der Waals surface area contributed by atoms with E-state index < -0.39 is 11.9 Å². The Kier molecular flexibility index (Phi) is 4.11. The lowest BCUT2D eigenvalue weighted by atomic mass is 10.2. The average Bonchev–Trinajstić information content (AvgIpc) is 2.76. The van der Waals surface area contributed by atoms with E-state index in [1.54, 1.807) is 42.3 Å². The van der Waals surface area contributed by atoms with Gasteiger partial charge in [0.2, 0.25) is 5.91 Å². The predicted octanol–water partition coefficient (Wildman–Crippen LogP) is 2.47. The minimum Gasteiger partial charge on any atom is -0.369 e. The predicted molar refractivity (Wildman–Crippen MR) is 77.9 cm³/mol. The lowest BCUT2D eigenvalue weighted by molar-refractivity contribution is -0.118. The molecule has 2 aromatic rings. The molecule has 0 aliphatic rings. The van der Waals surface area contributed by atoms with Crippen molar-refractivity contribution in [2.24, 2.45) is 12.8 Å². The molecule has 0 fully saturated rings. The van der Waals surface area contributed by atoms with Gasteiger partial charge >= 0.3 is 0 Å². The van der Waals surface area contributed by atoms with Gasteiger partial charge in [-0.3, -0.25) is 4.79 Å². The number of nitrogens with two attached hydrogens (primary N) is 1. The second-order valence-corrected chi connectivity index (χ2v) is 5.30. The highest BCUT2D eigenvalue weighted by atomic mass is 79.9. The molecule has 2 rings (SSSR count). The van der Waals surface area contributed by atoms with Crippen LogP contribution in [-0.4, -0.2) is 15.5 Å². The number of hydrogen-bond donors (Lipinski definition) is 2. The first-order chi connectivity index (χ1) is 8.99. The number of rotatable bonds is 4. The second kappa shape index (κ2) is 5.63. The molecule has 19 heavy (non-hydrogen) atoms. The van der Waals surface area contributed by atoms with E-state index >= 15 is 0 Å². The first-order valence-corrected chi connectivity index (χ1v) is 6.63. The van der Waals surface area contributed by atoms with Gasteiger partial charge in [0.05, 0.1) is 23.2 Å². The van der Waals surface area contributed by atoms with Crippen molar-refractivity contribution in [1.29, 1.82) is 0 Å². The highest BCUT2D eigenvalue weighted by molar-refractivity contribution is 9.10. The number of imidazole rings is 1. The molecule has 1 heterocycles. The van der Waals surface area contributed by atoms with Crippen molar-refractivity contribution in [2.45, 2.75) is 6.04 Å². The van der Waals surface area contributed by atoms with Crippen LogP contribution in [0.4, 0.5) is 5.69 Å². The molecule has 100 valence electrons. The maximum absolute atomic E-state index is 11.6. The largest absolute Gasteiger partial charge is 0.369 e. The summed E-state index contributed by atoms with van der Waals surface area (Å²) < 4.78 is 2.49. The molecule has 1 atom stereocenters. The molecule has 0 bridgehead atoms. The van der Waals surface area contributed by atoms with Crippen LogP contribution in [0, 0.1) is 0 Å². The molecule has 3 N–H and O–H groups in total. The topological polar surface area (TPSA) is 72.9 Å². The zero-order chi connectivity index (χ0) is 14.0. The van der Waals surface area contributed by atoms with Crippen LogP contribution in [0.3, 0.4) is 0 Å². The normalized spacial score (nSPS) is 12.2. The number of aryl methyl sites for hydroxylation is 1. The Morgan fingerprint density at radius 3 is 2.84 bits per heavy atom. The third kappa shape index (κ3) is 3.08. The fourth-order valence-corrected chi connectivity index (χ4v) is 2.19. The quantitative estimate of drug-likeness (QED) is 0.895. The number of carbonyl (C=O) groups is 1. The summed E-state index contributed by atoms with van der Waals surface area (Å²) in [6, 6.07) is 4.64. The van der Waals surface area contributed by atoms with Gasteiger partial charge in [0.25, 0.3) is 0 Å². The molecular formula is C12H12BrClN4O. The Morgan fingerprint density at radius 2 is 2.32 bits per heavy atom.